The van der Waals surface area contributed by atoms with E-state index in [1.807, 2.05) is 0 Å². The third-order valence-corrected chi connectivity index (χ3v) is 15.2. The minimum atomic E-state index is -0.613. The molecule has 0 radical (unpaired) electrons. The maximum absolute atomic E-state index is 6.68. The van der Waals surface area contributed by atoms with Gasteiger partial charge in [0.1, 0.15) is 11.2 Å². The molecule has 3 aliphatic carbocycles. The molecule has 1 N–H and O–H groups in total. The Bertz CT molecular complexity index is 3450. The van der Waals surface area contributed by atoms with Gasteiger partial charge in [-0.05, 0) is 98.5 Å². The molecule has 0 fully saturated rings. The van der Waals surface area contributed by atoms with Crippen molar-refractivity contribution in [3.05, 3.63) is 238 Å². The van der Waals surface area contributed by atoms with E-state index >= 15 is 0 Å². The highest BCUT2D eigenvalue weighted by atomic mass is 16.3. The van der Waals surface area contributed by atoms with Crippen molar-refractivity contribution in [3.63, 3.8) is 0 Å². The Morgan fingerprint density at radius 3 is 1.91 bits per heavy atom. The quantitative estimate of drug-likeness (QED) is 0.187. The molecule has 13 rings (SSSR count). The van der Waals surface area contributed by atoms with Crippen LogP contribution >= 0.6 is 0 Å². The first-order valence-electron chi connectivity index (χ1n) is 22.7. The number of nitrogens with zero attached hydrogens (tertiary/aromatic N) is 1. The monoisotopic (exact) mass is 824 g/mol. The van der Waals surface area contributed by atoms with Gasteiger partial charge in [-0.1, -0.05) is 179 Å². The first-order valence-corrected chi connectivity index (χ1v) is 22.7. The highest BCUT2D eigenvalue weighted by molar-refractivity contribution is 6.09. The zero-order valence-corrected chi connectivity index (χ0v) is 36.9. The Hall–Kier alpha value is -7.36. The molecule has 9 aromatic rings. The molecule has 1 aromatic heterocycles. The van der Waals surface area contributed by atoms with Gasteiger partial charge in [-0.25, -0.2) is 0 Å². The second-order valence-corrected chi connectivity index (χ2v) is 19.3. The van der Waals surface area contributed by atoms with Crippen LogP contribution in [0.25, 0.3) is 49.9 Å². The third-order valence-electron chi connectivity index (χ3n) is 15.2. The summed E-state index contributed by atoms with van der Waals surface area (Å²) in [5.41, 5.74) is 23.7. The summed E-state index contributed by atoms with van der Waals surface area (Å²) in [6.45, 7) is 12.8. The Balaban J connectivity index is 1.23. The molecule has 0 saturated carbocycles. The molecule has 64 heavy (non-hydrogen) atoms. The van der Waals surface area contributed by atoms with Gasteiger partial charge in [-0.3, -0.25) is 0 Å². The fourth-order valence-corrected chi connectivity index (χ4v) is 12.4. The molecule has 3 nitrogen and oxygen atoms in total. The number of hydrogen-bond acceptors (Lipinski definition) is 3. The summed E-state index contributed by atoms with van der Waals surface area (Å²) >= 11 is 0. The number of fused-ring (bicyclic) bond motifs is 12. The molecular weight excluding hydrogens is 777 g/mol. The van der Waals surface area contributed by atoms with Crippen molar-refractivity contribution in [2.45, 2.75) is 50.9 Å². The summed E-state index contributed by atoms with van der Waals surface area (Å²) in [7, 11) is 0. The molecule has 0 bridgehead atoms. The van der Waals surface area contributed by atoms with Crippen molar-refractivity contribution in [2.24, 2.45) is 0 Å². The standard InChI is InChI=1S/C61H48N2O/c1-37-33-50-57(62-36-37)55-49(61(50,38-19-9-6-10-20-38)39-21-11-7-12-22-39)35-48-54(45-31-32-47-53(56(45)60(48,4)5)44-26-15-17-27-46(44)59(47,2)3)58(55)63(40-23-13-8-14-24-40)41-29-30-43-42-25-16-18-28-51(42)64-52(43)34-41/h6-35,62H,36H2,1-5H3. The summed E-state index contributed by atoms with van der Waals surface area (Å²) in [6, 6.07) is 65.3. The fourth-order valence-electron chi connectivity index (χ4n) is 12.4. The molecule has 2 heterocycles. The number of allylic oxidation sites excluding steroid dienone is 2. The van der Waals surface area contributed by atoms with E-state index in [0.29, 0.717) is 0 Å². The van der Waals surface area contributed by atoms with Crippen LogP contribution in [0.5, 0.6) is 0 Å². The summed E-state index contributed by atoms with van der Waals surface area (Å²) < 4.78 is 6.68. The van der Waals surface area contributed by atoms with Crippen LogP contribution in [-0.4, -0.2) is 6.54 Å². The summed E-state index contributed by atoms with van der Waals surface area (Å²) in [4.78, 5) is 2.55. The van der Waals surface area contributed by atoms with E-state index in [9.17, 15) is 0 Å². The zero-order chi connectivity index (χ0) is 43.1. The summed E-state index contributed by atoms with van der Waals surface area (Å²) in [5, 5.41) is 6.34. The number of benzene rings is 8. The molecule has 3 heteroatoms. The van der Waals surface area contributed by atoms with Crippen LogP contribution in [0, 0.1) is 0 Å². The smallest absolute Gasteiger partial charge is 0.137 e. The number of anilines is 3. The van der Waals surface area contributed by atoms with Gasteiger partial charge in [0.05, 0.1) is 11.1 Å². The lowest BCUT2D eigenvalue weighted by Gasteiger charge is -2.37. The van der Waals surface area contributed by atoms with Crippen molar-refractivity contribution in [3.8, 4) is 22.3 Å². The SMILES string of the molecule is CC1=CC2=C(NC1)c1c(cc3c(c1N(c1ccccc1)c1ccc4c(c1)oc1ccccc14)-c1ccc4c(c1C3(C)C)-c1ccccc1C4(C)C)C2(c1ccccc1)c1ccccc1. The van der Waals surface area contributed by atoms with Crippen LogP contribution in [0.4, 0.5) is 17.1 Å². The molecule has 0 saturated heterocycles. The minimum Gasteiger partial charge on any atom is -0.456 e. The van der Waals surface area contributed by atoms with E-state index in [-0.39, 0.29) is 10.8 Å². The minimum absolute atomic E-state index is 0.125. The molecule has 308 valence electrons. The van der Waals surface area contributed by atoms with Crippen LogP contribution in [0.2, 0.25) is 0 Å². The highest BCUT2D eigenvalue weighted by Crippen LogP contribution is 2.66. The van der Waals surface area contributed by atoms with Gasteiger partial charge in [0.2, 0.25) is 0 Å². The second kappa shape index (κ2) is 13.1. The average molecular weight is 825 g/mol. The van der Waals surface area contributed by atoms with Gasteiger partial charge in [-0.15, -0.1) is 0 Å². The van der Waals surface area contributed by atoms with Gasteiger partial charge in [-0.2, -0.15) is 0 Å². The van der Waals surface area contributed by atoms with Crippen LogP contribution in [0.1, 0.15) is 79.1 Å². The first kappa shape index (κ1) is 37.2. The van der Waals surface area contributed by atoms with Crippen LogP contribution < -0.4 is 10.2 Å². The fraction of sp³-hybridized carbons (Fsp3) is 0.148. The Kier molecular flexibility index (Phi) is 7.61. The maximum atomic E-state index is 6.68. The molecule has 8 aromatic carbocycles. The van der Waals surface area contributed by atoms with Crippen molar-refractivity contribution >= 4 is 44.7 Å². The Morgan fingerprint density at radius 1 is 0.500 bits per heavy atom. The predicted octanol–water partition coefficient (Wildman–Crippen LogP) is 15.3. The maximum Gasteiger partial charge on any atom is 0.137 e. The van der Waals surface area contributed by atoms with E-state index in [2.05, 4.69) is 227 Å². The summed E-state index contributed by atoms with van der Waals surface area (Å²) in [6.07, 6.45) is 2.49. The summed E-state index contributed by atoms with van der Waals surface area (Å²) in [5.74, 6) is 0. The lowest BCUT2D eigenvalue weighted by atomic mass is 9.65. The molecular formula is C61H48N2O. The first-order chi connectivity index (χ1) is 31.2. The molecule has 4 aliphatic rings. The topological polar surface area (TPSA) is 28.4 Å². The third kappa shape index (κ3) is 4.77. The van der Waals surface area contributed by atoms with Gasteiger partial charge in [0.15, 0.2) is 0 Å². The zero-order valence-electron chi connectivity index (χ0n) is 36.9. The lowest BCUT2D eigenvalue weighted by molar-refractivity contribution is 0.645. The van der Waals surface area contributed by atoms with Crippen LogP contribution in [0.15, 0.2) is 198 Å². The van der Waals surface area contributed by atoms with E-state index in [4.69, 9.17) is 4.42 Å². The lowest BCUT2D eigenvalue weighted by Crippen LogP contribution is -2.31. The van der Waals surface area contributed by atoms with Crippen LogP contribution in [0.3, 0.4) is 0 Å². The second-order valence-electron chi connectivity index (χ2n) is 19.3. The van der Waals surface area contributed by atoms with Gasteiger partial charge >= 0.3 is 0 Å². The van der Waals surface area contributed by atoms with Crippen molar-refractivity contribution in [1.29, 1.82) is 0 Å². The van der Waals surface area contributed by atoms with Gasteiger partial charge in [0, 0.05) is 62.4 Å². The molecule has 0 spiro atoms. The number of dihydropyridines is 1. The molecule has 1 aliphatic heterocycles. The number of nitrogens with one attached hydrogen (secondary N) is 1. The van der Waals surface area contributed by atoms with Crippen molar-refractivity contribution in [2.75, 3.05) is 11.4 Å². The van der Waals surface area contributed by atoms with E-state index in [0.717, 1.165) is 39.9 Å². The van der Waals surface area contributed by atoms with Gasteiger partial charge < -0.3 is 14.6 Å². The molecule has 0 atom stereocenters. The molecule has 0 amide bonds. The predicted molar refractivity (Wildman–Crippen MR) is 265 cm³/mol. The number of hydrogen-bond donors (Lipinski definition) is 1. The van der Waals surface area contributed by atoms with Crippen molar-refractivity contribution < 1.29 is 4.42 Å². The van der Waals surface area contributed by atoms with E-state index in [1.165, 1.54) is 89.3 Å². The van der Waals surface area contributed by atoms with Gasteiger partial charge in [0.25, 0.3) is 0 Å². The Labute approximate surface area is 375 Å². The van der Waals surface area contributed by atoms with Crippen molar-refractivity contribution in [1.82, 2.24) is 5.32 Å². The van der Waals surface area contributed by atoms with Crippen LogP contribution in [-0.2, 0) is 16.2 Å². The number of para-hydroxylation sites is 2. The Morgan fingerprint density at radius 2 is 1.16 bits per heavy atom. The largest absolute Gasteiger partial charge is 0.456 e. The molecule has 0 unspecified atom stereocenters. The normalized spacial score (nSPS) is 16.7. The average Bonchev–Trinajstić information content (AvgIpc) is 3.98. The van der Waals surface area contributed by atoms with E-state index in [1.54, 1.807) is 0 Å². The number of furan rings is 1. The number of rotatable bonds is 5. The highest BCUT2D eigenvalue weighted by Gasteiger charge is 2.53. The van der Waals surface area contributed by atoms with E-state index < -0.39 is 5.41 Å².